The lowest BCUT2D eigenvalue weighted by Crippen LogP contribution is -2.54. The molecule has 2 N–H and O–H groups in total. The lowest BCUT2D eigenvalue weighted by Gasteiger charge is -2.44. The summed E-state index contributed by atoms with van der Waals surface area (Å²) >= 11 is 0. The molecule has 0 radical (unpaired) electrons. The normalized spacial score (nSPS) is 34.7. The van der Waals surface area contributed by atoms with Gasteiger partial charge in [0.05, 0.1) is 11.5 Å². The zero-order valence-electron chi connectivity index (χ0n) is 9.11. The molecule has 2 atom stereocenters. The molecule has 5 nitrogen and oxygen atoms in total. The average Bonchev–Trinajstić information content (AvgIpc) is 2.00. The monoisotopic (exact) mass is 216 g/mol. The van der Waals surface area contributed by atoms with Crippen LogP contribution in [0.3, 0.4) is 0 Å². The summed E-state index contributed by atoms with van der Waals surface area (Å²) in [5, 5.41) is 17.9. The first kappa shape index (κ1) is 12.0. The summed E-state index contributed by atoms with van der Waals surface area (Å²) in [7, 11) is 0. The molecule has 0 aromatic heterocycles. The number of hydrogen-bond acceptors (Lipinski definition) is 3. The van der Waals surface area contributed by atoms with Gasteiger partial charge in [0.1, 0.15) is 0 Å². The van der Waals surface area contributed by atoms with E-state index >= 15 is 0 Å². The van der Waals surface area contributed by atoms with Crippen molar-refractivity contribution in [3.8, 4) is 0 Å². The lowest BCUT2D eigenvalue weighted by atomic mass is 9.79. The van der Waals surface area contributed by atoms with Gasteiger partial charge in [-0.05, 0) is 33.6 Å². The molecule has 0 aromatic rings. The number of carboxylic acids is 2. The summed E-state index contributed by atoms with van der Waals surface area (Å²) in [6.07, 6.45) is 0.549. The lowest BCUT2D eigenvalue weighted by molar-refractivity contribution is -0.216. The molecular weight excluding hydrogens is 200 g/mol. The minimum absolute atomic E-state index is 0.225. The molecule has 0 saturated carbocycles. The van der Waals surface area contributed by atoms with Crippen molar-refractivity contribution in [2.75, 3.05) is 0 Å². The first-order valence-corrected chi connectivity index (χ1v) is 4.85. The number of ether oxygens (including phenoxy) is 1. The number of carbonyl (C=O) groups is 2. The summed E-state index contributed by atoms with van der Waals surface area (Å²) in [4.78, 5) is 21.9. The molecule has 0 unspecified atom stereocenters. The van der Waals surface area contributed by atoms with Crippen molar-refractivity contribution in [1.82, 2.24) is 0 Å². The van der Waals surface area contributed by atoms with E-state index in [1.807, 2.05) is 0 Å². The molecular formula is C10H16O5. The molecule has 1 fully saturated rings. The maximum absolute atomic E-state index is 11.0. The maximum atomic E-state index is 11.0. The zero-order chi connectivity index (χ0) is 11.9. The van der Waals surface area contributed by atoms with Gasteiger partial charge < -0.3 is 14.9 Å². The Bertz CT molecular complexity index is 296. The van der Waals surface area contributed by atoms with E-state index < -0.39 is 29.1 Å². The Kier molecular flexibility index (Phi) is 2.78. The molecule has 15 heavy (non-hydrogen) atoms. The van der Waals surface area contributed by atoms with Crippen molar-refractivity contribution >= 4 is 11.9 Å². The summed E-state index contributed by atoms with van der Waals surface area (Å²) in [5.74, 6) is -2.63. The average molecular weight is 216 g/mol. The quantitative estimate of drug-likeness (QED) is 0.722. The first-order valence-electron chi connectivity index (χ1n) is 4.85. The van der Waals surface area contributed by atoms with Gasteiger partial charge in [0.25, 0.3) is 0 Å². The van der Waals surface area contributed by atoms with Crippen molar-refractivity contribution in [1.29, 1.82) is 0 Å². The van der Waals surface area contributed by atoms with E-state index in [1.54, 1.807) is 13.8 Å². The highest BCUT2D eigenvalue weighted by molar-refractivity contribution is 5.78. The summed E-state index contributed by atoms with van der Waals surface area (Å²) < 4.78 is 5.42. The summed E-state index contributed by atoms with van der Waals surface area (Å²) in [5.41, 5.74) is -2.22. The van der Waals surface area contributed by atoms with Crippen molar-refractivity contribution in [3.05, 3.63) is 0 Å². The first-order chi connectivity index (χ1) is 6.69. The molecule has 1 rings (SSSR count). The predicted octanol–water partition coefficient (Wildman–Crippen LogP) is 1.12. The van der Waals surface area contributed by atoms with Crippen LogP contribution in [0.15, 0.2) is 0 Å². The number of carboxylic acid groups (broad SMARTS) is 2. The smallest absolute Gasteiger partial charge is 0.335 e. The van der Waals surface area contributed by atoms with Crippen molar-refractivity contribution in [2.45, 2.75) is 44.8 Å². The molecule has 0 bridgehead atoms. The largest absolute Gasteiger partial charge is 0.481 e. The van der Waals surface area contributed by atoms with Crippen LogP contribution in [-0.4, -0.2) is 33.4 Å². The van der Waals surface area contributed by atoms with Crippen molar-refractivity contribution in [2.24, 2.45) is 5.92 Å². The molecule has 5 heteroatoms. The highest BCUT2D eigenvalue weighted by Crippen LogP contribution is 2.39. The van der Waals surface area contributed by atoms with Gasteiger partial charge in [-0.1, -0.05) is 0 Å². The van der Waals surface area contributed by atoms with Gasteiger partial charge in [0, 0.05) is 0 Å². The van der Waals surface area contributed by atoms with Gasteiger partial charge in [0.2, 0.25) is 0 Å². The molecule has 0 amide bonds. The third-order valence-corrected chi connectivity index (χ3v) is 2.99. The van der Waals surface area contributed by atoms with Crippen LogP contribution in [0.1, 0.15) is 33.6 Å². The molecule has 1 saturated heterocycles. The molecule has 1 aliphatic rings. The van der Waals surface area contributed by atoms with Gasteiger partial charge in [-0.25, -0.2) is 4.79 Å². The number of hydrogen-bond donors (Lipinski definition) is 2. The Morgan fingerprint density at radius 1 is 1.27 bits per heavy atom. The van der Waals surface area contributed by atoms with Gasteiger partial charge in [-0.2, -0.15) is 0 Å². The Balaban J connectivity index is 2.90. The van der Waals surface area contributed by atoms with Crippen LogP contribution >= 0.6 is 0 Å². The fourth-order valence-corrected chi connectivity index (χ4v) is 2.04. The molecule has 1 heterocycles. The van der Waals surface area contributed by atoms with E-state index in [2.05, 4.69) is 0 Å². The summed E-state index contributed by atoms with van der Waals surface area (Å²) in [6, 6.07) is 0. The fourth-order valence-electron chi connectivity index (χ4n) is 2.04. The second-order valence-electron chi connectivity index (χ2n) is 4.67. The highest BCUT2D eigenvalue weighted by Gasteiger charge is 2.50. The van der Waals surface area contributed by atoms with E-state index in [-0.39, 0.29) is 6.42 Å². The minimum Gasteiger partial charge on any atom is -0.481 e. The van der Waals surface area contributed by atoms with Crippen molar-refractivity contribution in [3.63, 3.8) is 0 Å². The molecule has 1 aliphatic heterocycles. The molecule has 0 spiro atoms. The standard InChI is InChI=1S/C10H16O5/c1-9(2)6(7(11)12)4-5-10(3,15-9)8(13)14/h6H,4-5H2,1-3H3,(H,11,12)(H,13,14)/t6-,10+/m1/s1. The number of rotatable bonds is 2. The van der Waals surface area contributed by atoms with Crippen LogP contribution in [0.4, 0.5) is 0 Å². The van der Waals surface area contributed by atoms with E-state index in [1.165, 1.54) is 6.92 Å². The van der Waals surface area contributed by atoms with Crippen LogP contribution in [0.2, 0.25) is 0 Å². The second-order valence-corrected chi connectivity index (χ2v) is 4.67. The zero-order valence-corrected chi connectivity index (χ0v) is 9.11. The minimum atomic E-state index is -1.27. The summed E-state index contributed by atoms with van der Waals surface area (Å²) in [6.45, 7) is 4.72. The fraction of sp³-hybridized carbons (Fsp3) is 0.800. The third kappa shape index (κ3) is 2.12. The maximum Gasteiger partial charge on any atom is 0.335 e. The van der Waals surface area contributed by atoms with Gasteiger partial charge in [0.15, 0.2) is 5.60 Å². The SMILES string of the molecule is CC1(C)O[C@](C)(C(=O)O)CC[C@@H]1C(=O)O. The molecule has 0 aliphatic carbocycles. The Morgan fingerprint density at radius 3 is 2.13 bits per heavy atom. The van der Waals surface area contributed by atoms with Crippen LogP contribution in [0.25, 0.3) is 0 Å². The van der Waals surface area contributed by atoms with Gasteiger partial charge in [-0.3, -0.25) is 4.79 Å². The van der Waals surface area contributed by atoms with E-state index in [0.717, 1.165) is 0 Å². The molecule has 0 aromatic carbocycles. The second kappa shape index (κ2) is 3.48. The van der Waals surface area contributed by atoms with E-state index in [9.17, 15) is 9.59 Å². The van der Waals surface area contributed by atoms with Gasteiger partial charge in [-0.15, -0.1) is 0 Å². The van der Waals surface area contributed by atoms with E-state index in [4.69, 9.17) is 14.9 Å². The third-order valence-electron chi connectivity index (χ3n) is 2.99. The van der Waals surface area contributed by atoms with Gasteiger partial charge >= 0.3 is 11.9 Å². The van der Waals surface area contributed by atoms with Crippen LogP contribution < -0.4 is 0 Å². The Labute approximate surface area is 88.0 Å². The van der Waals surface area contributed by atoms with Crippen LogP contribution in [-0.2, 0) is 14.3 Å². The Morgan fingerprint density at radius 2 is 1.80 bits per heavy atom. The van der Waals surface area contributed by atoms with Crippen LogP contribution in [0.5, 0.6) is 0 Å². The molecule has 86 valence electrons. The van der Waals surface area contributed by atoms with Crippen LogP contribution in [0, 0.1) is 5.92 Å². The highest BCUT2D eigenvalue weighted by atomic mass is 16.5. The Hall–Kier alpha value is -1.10. The predicted molar refractivity (Wildman–Crippen MR) is 51.6 cm³/mol. The number of aliphatic carboxylic acids is 2. The topological polar surface area (TPSA) is 83.8 Å². The van der Waals surface area contributed by atoms with E-state index in [0.29, 0.717) is 6.42 Å². The van der Waals surface area contributed by atoms with Crippen molar-refractivity contribution < 1.29 is 24.5 Å².